The Morgan fingerprint density at radius 1 is 0.250 bits per heavy atom. The van der Waals surface area contributed by atoms with E-state index in [1.54, 1.807) is 42.7 Å². The second kappa shape index (κ2) is 14.3. The van der Waals surface area contributed by atoms with E-state index in [0.29, 0.717) is 0 Å². The summed E-state index contributed by atoms with van der Waals surface area (Å²) in [6, 6.07) is 40.8. The minimum Gasteiger partial charge on any atom is -0.497 e. The minimum absolute atomic E-state index is 0.742. The molecule has 242 valence electrons. The maximum atomic E-state index is 5.80. The number of ether oxygens (including phenoxy) is 6. The molecule has 0 amide bonds. The first-order valence-corrected chi connectivity index (χ1v) is 15.5. The third kappa shape index (κ3) is 6.38. The van der Waals surface area contributed by atoms with Gasteiger partial charge in [-0.3, -0.25) is 0 Å². The van der Waals surface area contributed by atoms with Crippen LogP contribution in [0.3, 0.4) is 0 Å². The predicted octanol–water partition coefficient (Wildman–Crippen LogP) is 10.1. The van der Waals surface area contributed by atoms with Crippen molar-refractivity contribution in [3.63, 3.8) is 0 Å². The van der Waals surface area contributed by atoms with Crippen molar-refractivity contribution in [2.75, 3.05) is 42.7 Å². The molecule has 6 aromatic carbocycles. The van der Waals surface area contributed by atoms with Crippen LogP contribution in [0.2, 0.25) is 0 Å². The lowest BCUT2D eigenvalue weighted by Crippen LogP contribution is -1.96. The quantitative estimate of drug-likeness (QED) is 0.141. The van der Waals surface area contributed by atoms with Gasteiger partial charge in [0.1, 0.15) is 34.5 Å². The molecule has 6 nitrogen and oxygen atoms in total. The molecule has 0 saturated carbocycles. The second-order valence-electron chi connectivity index (χ2n) is 11.1. The van der Waals surface area contributed by atoms with Crippen LogP contribution in [0.4, 0.5) is 0 Å². The highest BCUT2D eigenvalue weighted by Gasteiger charge is 2.21. The molecule has 0 fully saturated rings. The lowest BCUT2D eigenvalue weighted by molar-refractivity contribution is 0.414. The first kappa shape index (κ1) is 32.1. The standard InChI is InChI=1S/C42H38O6/c1-43-29-12-10-27(11-13-29)39-23-31(45-3)15-19-36(39)41-25-33(47-5)17-21-38(41)42-26-34(48-6)16-20-37(42)40-24-32(46-4)14-18-35(40)28-8-7-9-30(22-28)44-2/h7-26H,1-6H3. The summed E-state index contributed by atoms with van der Waals surface area (Å²) >= 11 is 0. The van der Waals surface area contributed by atoms with E-state index in [1.165, 1.54) is 0 Å². The molecular weight excluding hydrogens is 600 g/mol. The van der Waals surface area contributed by atoms with Gasteiger partial charge in [-0.1, -0.05) is 48.5 Å². The number of hydrogen-bond donors (Lipinski definition) is 0. The molecular formula is C42H38O6. The lowest BCUT2D eigenvalue weighted by atomic mass is 9.84. The number of hydrogen-bond acceptors (Lipinski definition) is 6. The molecule has 0 aliphatic carbocycles. The molecule has 0 atom stereocenters. The summed E-state index contributed by atoms with van der Waals surface area (Å²) in [5.74, 6) is 4.57. The number of rotatable bonds is 11. The third-order valence-electron chi connectivity index (χ3n) is 8.56. The predicted molar refractivity (Wildman–Crippen MR) is 193 cm³/mol. The first-order valence-electron chi connectivity index (χ1n) is 15.5. The van der Waals surface area contributed by atoms with Crippen molar-refractivity contribution >= 4 is 0 Å². The van der Waals surface area contributed by atoms with Crippen LogP contribution in [0.1, 0.15) is 0 Å². The van der Waals surface area contributed by atoms with Crippen molar-refractivity contribution in [2.24, 2.45) is 0 Å². The highest BCUT2D eigenvalue weighted by Crippen LogP contribution is 2.47. The molecule has 0 radical (unpaired) electrons. The Morgan fingerprint density at radius 2 is 0.604 bits per heavy atom. The zero-order chi connectivity index (χ0) is 33.6. The monoisotopic (exact) mass is 638 g/mol. The summed E-state index contributed by atoms with van der Waals surface area (Å²) in [5.41, 5.74) is 10.1. The van der Waals surface area contributed by atoms with Crippen molar-refractivity contribution < 1.29 is 28.4 Å². The van der Waals surface area contributed by atoms with E-state index in [4.69, 9.17) is 28.4 Å². The zero-order valence-corrected chi connectivity index (χ0v) is 28.0. The van der Waals surface area contributed by atoms with Gasteiger partial charge in [-0.25, -0.2) is 0 Å². The van der Waals surface area contributed by atoms with Crippen LogP contribution in [-0.2, 0) is 0 Å². The molecule has 6 heteroatoms. The van der Waals surface area contributed by atoms with E-state index < -0.39 is 0 Å². The smallest absolute Gasteiger partial charge is 0.119 e. The molecule has 0 aliphatic heterocycles. The van der Waals surface area contributed by atoms with Gasteiger partial charge in [-0.05, 0) is 128 Å². The van der Waals surface area contributed by atoms with Crippen LogP contribution in [0.15, 0.2) is 121 Å². The Hall–Kier alpha value is -5.88. The normalized spacial score (nSPS) is 10.7. The molecule has 0 N–H and O–H groups in total. The van der Waals surface area contributed by atoms with Crippen molar-refractivity contribution in [2.45, 2.75) is 0 Å². The van der Waals surface area contributed by atoms with Gasteiger partial charge in [0, 0.05) is 0 Å². The Balaban J connectivity index is 1.64. The van der Waals surface area contributed by atoms with Crippen molar-refractivity contribution in [3.05, 3.63) is 121 Å². The summed E-state index contributed by atoms with van der Waals surface area (Å²) in [5, 5.41) is 0. The van der Waals surface area contributed by atoms with Crippen LogP contribution in [0.5, 0.6) is 34.5 Å². The molecule has 0 spiro atoms. The van der Waals surface area contributed by atoms with Gasteiger partial charge in [-0.15, -0.1) is 0 Å². The Kier molecular flexibility index (Phi) is 9.53. The van der Waals surface area contributed by atoms with Crippen LogP contribution in [-0.4, -0.2) is 42.7 Å². The molecule has 0 bridgehead atoms. The second-order valence-corrected chi connectivity index (χ2v) is 11.1. The van der Waals surface area contributed by atoms with Gasteiger partial charge in [0.2, 0.25) is 0 Å². The summed E-state index contributed by atoms with van der Waals surface area (Å²) in [7, 11) is 10.1. The largest absolute Gasteiger partial charge is 0.497 e. The van der Waals surface area contributed by atoms with E-state index in [2.05, 4.69) is 66.7 Å². The fraction of sp³-hybridized carbons (Fsp3) is 0.143. The SMILES string of the molecule is COc1ccc(-c2cc(OC)ccc2-c2cc(OC)ccc2-c2cc(OC)ccc2-c2cc(OC)ccc2-c2cccc(OC)c2)cc1. The van der Waals surface area contributed by atoms with E-state index >= 15 is 0 Å². The molecule has 0 aromatic heterocycles. The summed E-state index contributed by atoms with van der Waals surface area (Å²) in [6.07, 6.45) is 0. The molecule has 0 saturated heterocycles. The maximum absolute atomic E-state index is 5.80. The molecule has 6 rings (SSSR count). The van der Waals surface area contributed by atoms with Gasteiger partial charge in [0.25, 0.3) is 0 Å². The summed E-state index contributed by atoms with van der Waals surface area (Å²) in [6.45, 7) is 0. The summed E-state index contributed by atoms with van der Waals surface area (Å²) in [4.78, 5) is 0. The molecule has 0 heterocycles. The molecule has 48 heavy (non-hydrogen) atoms. The topological polar surface area (TPSA) is 55.4 Å². The van der Waals surface area contributed by atoms with Gasteiger partial charge in [0.05, 0.1) is 42.7 Å². The lowest BCUT2D eigenvalue weighted by Gasteiger charge is -2.21. The molecule has 6 aromatic rings. The van der Waals surface area contributed by atoms with E-state index in [-0.39, 0.29) is 0 Å². The zero-order valence-electron chi connectivity index (χ0n) is 28.0. The molecule has 0 aliphatic rings. The number of methoxy groups -OCH3 is 6. The average Bonchev–Trinajstić information content (AvgIpc) is 3.16. The third-order valence-corrected chi connectivity index (χ3v) is 8.56. The van der Waals surface area contributed by atoms with Gasteiger partial charge in [0.15, 0.2) is 0 Å². The van der Waals surface area contributed by atoms with Crippen molar-refractivity contribution in [1.29, 1.82) is 0 Å². The minimum atomic E-state index is 0.742. The van der Waals surface area contributed by atoms with Crippen LogP contribution in [0.25, 0.3) is 55.6 Å². The number of benzene rings is 6. The van der Waals surface area contributed by atoms with Crippen molar-refractivity contribution in [1.82, 2.24) is 0 Å². The summed E-state index contributed by atoms with van der Waals surface area (Å²) < 4.78 is 34.0. The maximum Gasteiger partial charge on any atom is 0.119 e. The van der Waals surface area contributed by atoms with Crippen LogP contribution in [0, 0.1) is 0 Å². The van der Waals surface area contributed by atoms with Gasteiger partial charge < -0.3 is 28.4 Å². The van der Waals surface area contributed by atoms with Crippen LogP contribution >= 0.6 is 0 Å². The first-order chi connectivity index (χ1) is 23.5. The van der Waals surface area contributed by atoms with Gasteiger partial charge >= 0.3 is 0 Å². The van der Waals surface area contributed by atoms with Gasteiger partial charge in [-0.2, -0.15) is 0 Å². The highest BCUT2D eigenvalue weighted by atomic mass is 16.5. The highest BCUT2D eigenvalue weighted by molar-refractivity contribution is 5.99. The van der Waals surface area contributed by atoms with E-state index in [0.717, 1.165) is 90.1 Å². The van der Waals surface area contributed by atoms with E-state index in [1.807, 2.05) is 54.6 Å². The van der Waals surface area contributed by atoms with Crippen molar-refractivity contribution in [3.8, 4) is 90.1 Å². The van der Waals surface area contributed by atoms with Crippen LogP contribution < -0.4 is 28.4 Å². The molecule has 0 unspecified atom stereocenters. The fourth-order valence-electron chi connectivity index (χ4n) is 6.03. The Morgan fingerprint density at radius 3 is 1.06 bits per heavy atom. The average molecular weight is 639 g/mol. The fourth-order valence-corrected chi connectivity index (χ4v) is 6.03. The Bertz CT molecular complexity index is 2050. The van der Waals surface area contributed by atoms with E-state index in [9.17, 15) is 0 Å². The Labute approximate surface area is 282 Å².